The molecule has 0 aliphatic carbocycles. The standard InChI is InChI=1S/C67H134N6O4/c1-11-13-15-17-19-21-23-25-27-29-31-33-35-37-39-42-46-52-62(74)72(58-50-56-70(7)8)64(60(3)4)66(76)68-54-48-44-41-45-49-55-69-67(77)65(61(5)6)73(59-51-57-71(9)10)63(75)53-47-43-40-38-36-34-32-30-28-26-24-22-20-18-16-14-12-2/h60-61,64-65H,11-59H2,1-10H3,(H,68,76)(H,69,77). The maximum Gasteiger partial charge on any atom is 0.243 e. The second-order valence-corrected chi connectivity index (χ2v) is 25.0. The van der Waals surface area contributed by atoms with E-state index in [1.807, 2.05) is 9.80 Å². The van der Waals surface area contributed by atoms with E-state index in [1.165, 1.54) is 193 Å². The molecule has 0 radical (unpaired) electrons. The predicted molar refractivity (Wildman–Crippen MR) is 334 cm³/mol. The van der Waals surface area contributed by atoms with Crippen LogP contribution in [-0.4, -0.2) is 123 Å². The zero-order chi connectivity index (χ0) is 57.0. The second-order valence-electron chi connectivity index (χ2n) is 25.0. The van der Waals surface area contributed by atoms with Gasteiger partial charge in [0.1, 0.15) is 12.1 Å². The van der Waals surface area contributed by atoms with Crippen LogP contribution in [0.1, 0.15) is 318 Å². The zero-order valence-electron chi connectivity index (χ0n) is 53.4. The first kappa shape index (κ1) is 74.8. The molecule has 0 fully saturated rings. The third-order valence-corrected chi connectivity index (χ3v) is 16.1. The molecule has 0 heterocycles. The molecule has 0 spiro atoms. The van der Waals surface area contributed by atoms with Gasteiger partial charge in [0.15, 0.2) is 0 Å². The highest BCUT2D eigenvalue weighted by atomic mass is 16.2. The molecule has 4 amide bonds. The van der Waals surface area contributed by atoms with Crippen LogP contribution in [0.5, 0.6) is 0 Å². The second kappa shape index (κ2) is 54.4. The van der Waals surface area contributed by atoms with Crippen molar-refractivity contribution >= 4 is 23.6 Å². The fourth-order valence-electron chi connectivity index (χ4n) is 11.3. The lowest BCUT2D eigenvalue weighted by atomic mass is 9.99. The van der Waals surface area contributed by atoms with Crippen LogP contribution in [0, 0.1) is 11.8 Å². The van der Waals surface area contributed by atoms with E-state index in [-0.39, 0.29) is 35.5 Å². The number of nitrogens with zero attached hydrogens (tertiary/aromatic N) is 4. The summed E-state index contributed by atoms with van der Waals surface area (Å²) in [7, 11) is 8.24. The average Bonchev–Trinajstić information content (AvgIpc) is 3.38. The number of hydrogen-bond acceptors (Lipinski definition) is 6. The van der Waals surface area contributed by atoms with Gasteiger partial charge in [-0.25, -0.2) is 0 Å². The van der Waals surface area contributed by atoms with Gasteiger partial charge in [-0.05, 0) is 91.6 Å². The van der Waals surface area contributed by atoms with E-state index in [0.29, 0.717) is 39.0 Å². The lowest BCUT2D eigenvalue weighted by Crippen LogP contribution is -2.53. The smallest absolute Gasteiger partial charge is 0.243 e. The molecule has 0 aliphatic rings. The Morgan fingerprint density at radius 2 is 0.519 bits per heavy atom. The number of rotatable bonds is 58. The Kier molecular flexibility index (Phi) is 52.8. The minimum absolute atomic E-state index is 0.0242. The predicted octanol–water partition coefficient (Wildman–Crippen LogP) is 16.9. The molecule has 10 nitrogen and oxygen atoms in total. The summed E-state index contributed by atoms with van der Waals surface area (Å²) in [5.41, 5.74) is 0. The van der Waals surface area contributed by atoms with Gasteiger partial charge in [0.2, 0.25) is 23.6 Å². The van der Waals surface area contributed by atoms with E-state index in [9.17, 15) is 19.2 Å². The average molecular weight is 1090 g/mol. The summed E-state index contributed by atoms with van der Waals surface area (Å²) >= 11 is 0. The van der Waals surface area contributed by atoms with Gasteiger partial charge in [0.25, 0.3) is 0 Å². The molecule has 2 N–H and O–H groups in total. The lowest BCUT2D eigenvalue weighted by Gasteiger charge is -2.34. The minimum atomic E-state index is -0.461. The Morgan fingerprint density at radius 1 is 0.299 bits per heavy atom. The minimum Gasteiger partial charge on any atom is -0.354 e. The third kappa shape index (κ3) is 45.1. The highest BCUT2D eigenvalue weighted by molar-refractivity contribution is 5.88. The molecule has 2 atom stereocenters. The van der Waals surface area contributed by atoms with Gasteiger partial charge in [-0.3, -0.25) is 19.2 Å². The number of hydrogen-bond donors (Lipinski definition) is 2. The van der Waals surface area contributed by atoms with E-state index in [2.05, 4.69) is 90.2 Å². The monoisotopic (exact) mass is 1090 g/mol. The number of carbonyl (C=O) groups is 4. The van der Waals surface area contributed by atoms with Gasteiger partial charge < -0.3 is 30.2 Å². The zero-order valence-corrected chi connectivity index (χ0v) is 53.4. The lowest BCUT2D eigenvalue weighted by molar-refractivity contribution is -0.142. The van der Waals surface area contributed by atoms with Crippen molar-refractivity contribution in [2.24, 2.45) is 11.8 Å². The molecule has 2 unspecified atom stereocenters. The van der Waals surface area contributed by atoms with Crippen molar-refractivity contribution in [1.29, 1.82) is 0 Å². The molecular weight excluding hydrogens is 953 g/mol. The van der Waals surface area contributed by atoms with E-state index >= 15 is 0 Å². The maximum absolute atomic E-state index is 13.8. The van der Waals surface area contributed by atoms with Crippen molar-refractivity contribution in [2.45, 2.75) is 330 Å². The molecular formula is C67H134N6O4. The fraction of sp³-hybridized carbons (Fsp3) is 0.940. The molecule has 0 saturated heterocycles. The summed E-state index contributed by atoms with van der Waals surface area (Å²) in [6.07, 6.45) is 52.3. The molecule has 0 rings (SSSR count). The molecule has 0 aliphatic heterocycles. The number of nitrogens with one attached hydrogen (secondary N) is 2. The summed E-state index contributed by atoms with van der Waals surface area (Å²) in [4.78, 5) is 63.2. The Bertz CT molecular complexity index is 1240. The van der Waals surface area contributed by atoms with Gasteiger partial charge in [0, 0.05) is 39.0 Å². The van der Waals surface area contributed by atoms with E-state index in [0.717, 1.165) is 83.7 Å². The van der Waals surface area contributed by atoms with Gasteiger partial charge >= 0.3 is 0 Å². The number of unbranched alkanes of at least 4 members (excludes halogenated alkanes) is 36. The quantitative estimate of drug-likeness (QED) is 0.0588. The van der Waals surface area contributed by atoms with Crippen LogP contribution in [0.3, 0.4) is 0 Å². The summed E-state index contributed by atoms with van der Waals surface area (Å²) in [6, 6.07) is -0.923. The van der Waals surface area contributed by atoms with Crippen LogP contribution >= 0.6 is 0 Å². The summed E-state index contributed by atoms with van der Waals surface area (Å²) in [5.74, 6) is 0.228. The molecule has 0 aromatic rings. The first-order chi connectivity index (χ1) is 37.3. The fourth-order valence-corrected chi connectivity index (χ4v) is 11.3. The Labute approximate surface area is 480 Å². The molecule has 0 bridgehead atoms. The van der Waals surface area contributed by atoms with Crippen molar-refractivity contribution < 1.29 is 19.2 Å². The van der Waals surface area contributed by atoms with Crippen molar-refractivity contribution in [1.82, 2.24) is 30.2 Å². The molecule has 77 heavy (non-hydrogen) atoms. The number of amides is 4. The van der Waals surface area contributed by atoms with Crippen molar-refractivity contribution in [3.8, 4) is 0 Å². The van der Waals surface area contributed by atoms with Crippen LogP contribution in [0.2, 0.25) is 0 Å². The Balaban J connectivity index is 4.70. The van der Waals surface area contributed by atoms with Gasteiger partial charge in [0.05, 0.1) is 0 Å². The first-order valence-electron chi connectivity index (χ1n) is 33.7. The maximum atomic E-state index is 13.8. The van der Waals surface area contributed by atoms with Crippen molar-refractivity contribution in [3.63, 3.8) is 0 Å². The van der Waals surface area contributed by atoms with Gasteiger partial charge in [-0.2, -0.15) is 0 Å². The van der Waals surface area contributed by atoms with E-state index in [4.69, 9.17) is 0 Å². The van der Waals surface area contributed by atoms with Crippen molar-refractivity contribution in [2.75, 3.05) is 67.5 Å². The van der Waals surface area contributed by atoms with Crippen molar-refractivity contribution in [3.05, 3.63) is 0 Å². The topological polar surface area (TPSA) is 105 Å². The van der Waals surface area contributed by atoms with Crippen LogP contribution in [0.15, 0.2) is 0 Å². The van der Waals surface area contributed by atoms with Crippen LogP contribution in [0.25, 0.3) is 0 Å². The summed E-state index contributed by atoms with van der Waals surface area (Å²) < 4.78 is 0. The SMILES string of the molecule is CCCCCCCCCCCCCCCCCCCC(=O)N(CCCN(C)C)C(C(=O)NCCCCCCCNC(=O)C(C(C)C)N(CCCN(C)C)C(=O)CCCCCCCCCCCCCCCCCCC)C(C)C. The molecule has 0 saturated carbocycles. The molecule has 0 aromatic carbocycles. The number of carbonyl (C=O) groups excluding carboxylic acids is 4. The van der Waals surface area contributed by atoms with Gasteiger partial charge in [-0.15, -0.1) is 0 Å². The Hall–Kier alpha value is -2.20. The summed E-state index contributed by atoms with van der Waals surface area (Å²) in [6.45, 7) is 17.0. The Morgan fingerprint density at radius 3 is 0.740 bits per heavy atom. The first-order valence-corrected chi connectivity index (χ1v) is 33.7. The van der Waals surface area contributed by atoms with Gasteiger partial charge in [-0.1, -0.05) is 266 Å². The molecule has 10 heteroatoms. The highest BCUT2D eigenvalue weighted by Crippen LogP contribution is 2.21. The summed E-state index contributed by atoms with van der Waals surface area (Å²) in [5, 5.41) is 6.42. The van der Waals surface area contributed by atoms with E-state index in [1.54, 1.807) is 0 Å². The van der Waals surface area contributed by atoms with Crippen LogP contribution in [0.4, 0.5) is 0 Å². The third-order valence-electron chi connectivity index (χ3n) is 16.1. The highest BCUT2D eigenvalue weighted by Gasteiger charge is 2.33. The normalized spacial score (nSPS) is 12.5. The molecule has 456 valence electrons. The van der Waals surface area contributed by atoms with Crippen LogP contribution < -0.4 is 10.6 Å². The van der Waals surface area contributed by atoms with E-state index < -0.39 is 12.1 Å². The molecule has 0 aromatic heterocycles. The van der Waals surface area contributed by atoms with Crippen LogP contribution in [-0.2, 0) is 19.2 Å². The largest absolute Gasteiger partial charge is 0.354 e.